The summed E-state index contributed by atoms with van der Waals surface area (Å²) in [5, 5.41) is 19.2. The monoisotopic (exact) mass is 191 g/mol. The predicted octanol–water partition coefficient (Wildman–Crippen LogP) is -3.66. The average molecular weight is 191 g/mol. The summed E-state index contributed by atoms with van der Waals surface area (Å²) in [6.45, 7) is 0. The molecule has 0 spiro atoms. The molecule has 0 unspecified atom stereocenters. The van der Waals surface area contributed by atoms with E-state index in [1.165, 1.54) is 12.1 Å². The number of benzene rings is 1. The minimum absolute atomic E-state index is 0. The summed E-state index contributed by atoms with van der Waals surface area (Å²) < 4.78 is 0. The summed E-state index contributed by atoms with van der Waals surface area (Å²) in [7, 11) is 0. The first-order chi connectivity index (χ1) is 5.11. The van der Waals surface area contributed by atoms with E-state index in [2.05, 4.69) is 0 Å². The first-order valence-corrected chi connectivity index (χ1v) is 2.91. The van der Waals surface area contributed by atoms with Gasteiger partial charge in [0.15, 0.2) is 0 Å². The molecule has 0 fully saturated rings. The average Bonchev–Trinajstić information content (AvgIpc) is 1.94. The first kappa shape index (κ1) is 11.9. The Morgan fingerprint density at radius 1 is 1.50 bits per heavy atom. The van der Waals surface area contributed by atoms with Crippen molar-refractivity contribution in [2.45, 2.75) is 0 Å². The van der Waals surface area contributed by atoms with Crippen LogP contribution < -0.4 is 62.2 Å². The maximum absolute atomic E-state index is 10.2. The van der Waals surface area contributed by atoms with Crippen LogP contribution in [0, 0.1) is 0 Å². The van der Waals surface area contributed by atoms with Gasteiger partial charge < -0.3 is 20.7 Å². The Balaban J connectivity index is 0.00000121. The van der Waals surface area contributed by atoms with Crippen molar-refractivity contribution < 1.29 is 66.4 Å². The Morgan fingerprint density at radius 3 is 2.50 bits per heavy atom. The minimum Gasteiger partial charge on any atom is -0.545 e. The van der Waals surface area contributed by atoms with E-state index < -0.39 is 5.97 Å². The summed E-state index contributed by atoms with van der Waals surface area (Å²) >= 11 is 0. The topological polar surface area (TPSA) is 86.4 Å². The number of anilines is 1. The van der Waals surface area contributed by atoms with E-state index in [0.717, 1.165) is 6.07 Å². The number of nitrogens with two attached hydrogens (primary N) is 1. The molecular weight excluding hydrogens is 185 g/mol. The Bertz CT molecular complexity index is 301. The van der Waals surface area contributed by atoms with Crippen molar-refractivity contribution in [3.8, 4) is 5.75 Å². The second-order valence-corrected chi connectivity index (χ2v) is 2.06. The third-order valence-corrected chi connectivity index (χ3v) is 1.24. The van der Waals surface area contributed by atoms with Gasteiger partial charge in [-0.3, -0.25) is 0 Å². The second kappa shape index (κ2) is 4.83. The molecule has 0 radical (unpaired) electrons. The normalized spacial score (nSPS) is 8.67. The van der Waals surface area contributed by atoms with Crippen molar-refractivity contribution in [3.05, 3.63) is 23.8 Å². The van der Waals surface area contributed by atoms with Crippen LogP contribution in [-0.2, 0) is 0 Å². The SMILES string of the molecule is Nc1ccc(O)c(C(=O)[O-])c1.[K+]. The zero-order valence-corrected chi connectivity index (χ0v) is 9.70. The molecule has 0 aliphatic heterocycles. The van der Waals surface area contributed by atoms with Gasteiger partial charge in [0.25, 0.3) is 0 Å². The maximum Gasteiger partial charge on any atom is 1.00 e. The van der Waals surface area contributed by atoms with Crippen LogP contribution in [0.1, 0.15) is 10.4 Å². The van der Waals surface area contributed by atoms with Gasteiger partial charge in [0.05, 0.1) is 5.97 Å². The number of hydrogen-bond donors (Lipinski definition) is 2. The molecule has 4 nitrogen and oxygen atoms in total. The van der Waals surface area contributed by atoms with Crippen molar-refractivity contribution in [2.24, 2.45) is 0 Å². The van der Waals surface area contributed by atoms with Gasteiger partial charge in [-0.15, -0.1) is 0 Å². The molecule has 1 aromatic carbocycles. The number of carboxylic acids is 1. The van der Waals surface area contributed by atoms with Gasteiger partial charge in [0, 0.05) is 11.3 Å². The fraction of sp³-hybridized carbons (Fsp3) is 0. The number of rotatable bonds is 1. The minimum atomic E-state index is -1.44. The summed E-state index contributed by atoms with van der Waals surface area (Å²) in [5.74, 6) is -1.77. The quantitative estimate of drug-likeness (QED) is 0.272. The number of phenols is 1. The van der Waals surface area contributed by atoms with Crippen LogP contribution in [-0.4, -0.2) is 11.1 Å². The van der Waals surface area contributed by atoms with Crippen LogP contribution in [0.5, 0.6) is 5.75 Å². The molecule has 58 valence electrons. The van der Waals surface area contributed by atoms with E-state index in [9.17, 15) is 9.90 Å². The number of nitrogen functional groups attached to an aromatic ring is 1. The number of carbonyl (C=O) groups is 1. The Kier molecular flexibility index (Phi) is 4.80. The molecule has 5 heteroatoms. The molecule has 0 atom stereocenters. The zero-order chi connectivity index (χ0) is 8.43. The van der Waals surface area contributed by atoms with Gasteiger partial charge in [0.1, 0.15) is 5.75 Å². The Hall–Kier alpha value is -0.0736. The second-order valence-electron chi connectivity index (χ2n) is 2.06. The van der Waals surface area contributed by atoms with Gasteiger partial charge in [-0.1, -0.05) is 0 Å². The number of carboxylic acid groups (broad SMARTS) is 1. The van der Waals surface area contributed by atoms with Crippen molar-refractivity contribution >= 4 is 11.7 Å². The van der Waals surface area contributed by atoms with Gasteiger partial charge >= 0.3 is 51.4 Å². The number of aromatic hydroxyl groups is 1. The van der Waals surface area contributed by atoms with Crippen molar-refractivity contribution in [3.63, 3.8) is 0 Å². The van der Waals surface area contributed by atoms with E-state index >= 15 is 0 Å². The molecule has 0 saturated carbocycles. The summed E-state index contributed by atoms with van der Waals surface area (Å²) in [4.78, 5) is 10.2. The van der Waals surface area contributed by atoms with Crippen LogP contribution >= 0.6 is 0 Å². The van der Waals surface area contributed by atoms with Gasteiger partial charge in [0.2, 0.25) is 0 Å². The van der Waals surface area contributed by atoms with Gasteiger partial charge in [-0.05, 0) is 18.2 Å². The van der Waals surface area contributed by atoms with E-state index in [4.69, 9.17) is 10.8 Å². The smallest absolute Gasteiger partial charge is 0.545 e. The van der Waals surface area contributed by atoms with Gasteiger partial charge in [-0.25, -0.2) is 0 Å². The third kappa shape index (κ3) is 2.76. The molecule has 0 bridgehead atoms. The van der Waals surface area contributed by atoms with Gasteiger partial charge in [-0.2, -0.15) is 0 Å². The summed E-state index contributed by atoms with van der Waals surface area (Å²) in [6, 6.07) is 3.76. The predicted molar refractivity (Wildman–Crippen MR) is 36.8 cm³/mol. The fourth-order valence-electron chi connectivity index (χ4n) is 0.717. The molecule has 1 aromatic rings. The molecule has 0 aliphatic rings. The molecule has 1 rings (SSSR count). The first-order valence-electron chi connectivity index (χ1n) is 2.91. The van der Waals surface area contributed by atoms with Crippen LogP contribution in [0.3, 0.4) is 0 Å². The van der Waals surface area contributed by atoms with E-state index in [-0.39, 0.29) is 68.4 Å². The number of hydrogen-bond acceptors (Lipinski definition) is 4. The molecule has 0 amide bonds. The maximum atomic E-state index is 10.2. The van der Waals surface area contributed by atoms with E-state index in [1.807, 2.05) is 0 Å². The largest absolute Gasteiger partial charge is 1.00 e. The summed E-state index contributed by atoms with van der Waals surface area (Å²) in [6.07, 6.45) is 0. The van der Waals surface area contributed by atoms with E-state index in [0.29, 0.717) is 0 Å². The van der Waals surface area contributed by atoms with Crippen molar-refractivity contribution in [2.75, 3.05) is 5.73 Å². The summed E-state index contributed by atoms with van der Waals surface area (Å²) in [5.41, 5.74) is 5.26. The van der Waals surface area contributed by atoms with E-state index in [1.54, 1.807) is 0 Å². The fourth-order valence-corrected chi connectivity index (χ4v) is 0.717. The molecule has 0 aliphatic carbocycles. The van der Waals surface area contributed by atoms with Crippen LogP contribution in [0.4, 0.5) is 5.69 Å². The molecule has 0 saturated heterocycles. The Labute approximate surface area is 112 Å². The number of carbonyl (C=O) groups excluding carboxylic acids is 1. The Morgan fingerprint density at radius 2 is 2.08 bits per heavy atom. The molecular formula is C7H6KNO3. The number of aromatic carboxylic acids is 1. The molecule has 0 heterocycles. The van der Waals surface area contributed by atoms with Crippen LogP contribution in [0.15, 0.2) is 18.2 Å². The molecule has 12 heavy (non-hydrogen) atoms. The molecule has 0 aromatic heterocycles. The molecule has 3 N–H and O–H groups in total. The van der Waals surface area contributed by atoms with Crippen molar-refractivity contribution in [1.29, 1.82) is 0 Å². The van der Waals surface area contributed by atoms with Crippen LogP contribution in [0.25, 0.3) is 0 Å². The standard InChI is InChI=1S/C7H7NO3.K/c8-4-1-2-6(9)5(3-4)7(10)11;/h1-3,9H,8H2,(H,10,11);/q;+1/p-1. The van der Waals surface area contributed by atoms with Crippen LogP contribution in [0.2, 0.25) is 0 Å². The zero-order valence-electron chi connectivity index (χ0n) is 6.57. The third-order valence-electron chi connectivity index (χ3n) is 1.24. The van der Waals surface area contributed by atoms with Crippen molar-refractivity contribution in [1.82, 2.24) is 0 Å².